The van der Waals surface area contributed by atoms with Crippen LogP contribution in [0.15, 0.2) is 12.1 Å². The standard InChI is InChI=1S/C18H31NO2/c1-7-18(6,20)12-21-17-14(4)8-16(9-15(17)5)11-19-10-13(2)3/h8-9,13,19-20H,7,10-12H2,1-6H3. The van der Waals surface area contributed by atoms with E-state index >= 15 is 0 Å². The molecule has 3 nitrogen and oxygen atoms in total. The Morgan fingerprint density at radius 1 is 1.24 bits per heavy atom. The Bertz CT molecular complexity index is 430. The van der Waals surface area contributed by atoms with Crippen molar-refractivity contribution >= 4 is 0 Å². The van der Waals surface area contributed by atoms with E-state index in [0.29, 0.717) is 18.9 Å². The number of hydrogen-bond donors (Lipinski definition) is 2. The molecule has 21 heavy (non-hydrogen) atoms. The van der Waals surface area contributed by atoms with Gasteiger partial charge < -0.3 is 15.2 Å². The molecule has 1 aromatic rings. The van der Waals surface area contributed by atoms with E-state index in [1.807, 2.05) is 13.8 Å². The van der Waals surface area contributed by atoms with Gasteiger partial charge >= 0.3 is 0 Å². The molecule has 1 rings (SSSR count). The Balaban J connectivity index is 2.71. The predicted octanol–water partition coefficient (Wildman–Crippen LogP) is 3.59. The van der Waals surface area contributed by atoms with Gasteiger partial charge in [0.1, 0.15) is 12.4 Å². The molecule has 0 fully saturated rings. The van der Waals surface area contributed by atoms with E-state index in [1.54, 1.807) is 0 Å². The molecule has 0 spiro atoms. The van der Waals surface area contributed by atoms with Crippen LogP contribution in [0.25, 0.3) is 0 Å². The van der Waals surface area contributed by atoms with Crippen molar-refractivity contribution in [3.63, 3.8) is 0 Å². The van der Waals surface area contributed by atoms with E-state index in [9.17, 15) is 5.11 Å². The molecule has 2 N–H and O–H groups in total. The molecular formula is C18H31NO2. The fraction of sp³-hybridized carbons (Fsp3) is 0.667. The Hall–Kier alpha value is -1.06. The monoisotopic (exact) mass is 293 g/mol. The van der Waals surface area contributed by atoms with Crippen LogP contribution in [0.5, 0.6) is 5.75 Å². The van der Waals surface area contributed by atoms with Crippen LogP contribution < -0.4 is 10.1 Å². The van der Waals surface area contributed by atoms with Gasteiger partial charge in [0.2, 0.25) is 0 Å². The van der Waals surface area contributed by atoms with Gasteiger partial charge in [-0.3, -0.25) is 0 Å². The Morgan fingerprint density at radius 2 is 1.81 bits per heavy atom. The van der Waals surface area contributed by atoms with E-state index in [2.05, 4.69) is 45.1 Å². The van der Waals surface area contributed by atoms with Crippen LogP contribution in [0, 0.1) is 19.8 Å². The molecule has 0 aliphatic heterocycles. The first-order valence-electron chi connectivity index (χ1n) is 7.91. The van der Waals surface area contributed by atoms with Gasteiger partial charge in [0.25, 0.3) is 0 Å². The third-order valence-corrected chi connectivity index (χ3v) is 3.69. The molecule has 120 valence electrons. The molecule has 0 aliphatic rings. The average Bonchev–Trinajstić information content (AvgIpc) is 2.37. The molecule has 0 bridgehead atoms. The summed E-state index contributed by atoms with van der Waals surface area (Å²) in [4.78, 5) is 0. The lowest BCUT2D eigenvalue weighted by Crippen LogP contribution is -2.31. The first-order valence-corrected chi connectivity index (χ1v) is 7.91. The zero-order valence-corrected chi connectivity index (χ0v) is 14.4. The minimum absolute atomic E-state index is 0.329. The summed E-state index contributed by atoms with van der Waals surface area (Å²) >= 11 is 0. The van der Waals surface area contributed by atoms with E-state index in [4.69, 9.17) is 4.74 Å². The van der Waals surface area contributed by atoms with Crippen LogP contribution in [-0.2, 0) is 6.54 Å². The maximum atomic E-state index is 10.1. The number of rotatable bonds is 8. The minimum Gasteiger partial charge on any atom is -0.490 e. The first kappa shape index (κ1) is 18.0. The van der Waals surface area contributed by atoms with Crippen LogP contribution in [0.3, 0.4) is 0 Å². The summed E-state index contributed by atoms with van der Waals surface area (Å²) in [6, 6.07) is 4.33. The minimum atomic E-state index is -0.767. The molecule has 0 aliphatic carbocycles. The lowest BCUT2D eigenvalue weighted by molar-refractivity contribution is 0.00807. The van der Waals surface area contributed by atoms with Crippen molar-refractivity contribution in [1.29, 1.82) is 0 Å². The van der Waals surface area contributed by atoms with Crippen molar-refractivity contribution in [2.45, 2.75) is 60.1 Å². The normalized spacial score (nSPS) is 14.3. The van der Waals surface area contributed by atoms with Gasteiger partial charge in [0, 0.05) is 6.54 Å². The van der Waals surface area contributed by atoms with Gasteiger partial charge in [0.05, 0.1) is 5.60 Å². The van der Waals surface area contributed by atoms with E-state index in [-0.39, 0.29) is 0 Å². The van der Waals surface area contributed by atoms with Crippen molar-refractivity contribution in [3.8, 4) is 5.75 Å². The van der Waals surface area contributed by atoms with E-state index < -0.39 is 5.60 Å². The summed E-state index contributed by atoms with van der Waals surface area (Å²) in [7, 11) is 0. The summed E-state index contributed by atoms with van der Waals surface area (Å²) in [6.45, 7) is 14.6. The lowest BCUT2D eigenvalue weighted by Gasteiger charge is -2.23. The lowest BCUT2D eigenvalue weighted by atomic mass is 10.0. The third-order valence-electron chi connectivity index (χ3n) is 3.69. The average molecular weight is 293 g/mol. The van der Waals surface area contributed by atoms with Crippen LogP contribution in [-0.4, -0.2) is 23.9 Å². The summed E-state index contributed by atoms with van der Waals surface area (Å²) in [5.74, 6) is 1.56. The number of aryl methyl sites for hydroxylation is 2. The second-order valence-corrected chi connectivity index (χ2v) is 6.72. The van der Waals surface area contributed by atoms with Crippen molar-refractivity contribution in [2.75, 3.05) is 13.2 Å². The molecule has 3 heteroatoms. The molecular weight excluding hydrogens is 262 g/mol. The molecule has 0 saturated heterocycles. The van der Waals surface area contributed by atoms with Gasteiger partial charge in [-0.15, -0.1) is 0 Å². The number of ether oxygens (including phenoxy) is 1. The zero-order valence-electron chi connectivity index (χ0n) is 14.4. The molecule has 0 radical (unpaired) electrons. The smallest absolute Gasteiger partial charge is 0.125 e. The Morgan fingerprint density at radius 3 is 2.29 bits per heavy atom. The zero-order chi connectivity index (χ0) is 16.0. The largest absolute Gasteiger partial charge is 0.490 e. The quantitative estimate of drug-likeness (QED) is 0.769. The summed E-state index contributed by atoms with van der Waals surface area (Å²) in [5.41, 5.74) is 2.77. The molecule has 0 aromatic heterocycles. The summed E-state index contributed by atoms with van der Waals surface area (Å²) in [6.07, 6.45) is 0.683. The third kappa shape index (κ3) is 6.06. The van der Waals surface area contributed by atoms with E-state index in [0.717, 1.165) is 30.0 Å². The first-order chi connectivity index (χ1) is 9.75. The second-order valence-electron chi connectivity index (χ2n) is 6.72. The van der Waals surface area contributed by atoms with Gasteiger partial charge in [-0.2, -0.15) is 0 Å². The Kier molecular flexibility index (Phi) is 6.69. The van der Waals surface area contributed by atoms with Gasteiger partial charge in [-0.05, 0) is 56.3 Å². The van der Waals surface area contributed by atoms with Gasteiger partial charge in [0.15, 0.2) is 0 Å². The van der Waals surface area contributed by atoms with Crippen molar-refractivity contribution in [1.82, 2.24) is 5.32 Å². The molecule has 0 saturated carbocycles. The Labute approximate surface area is 129 Å². The van der Waals surface area contributed by atoms with Gasteiger partial charge in [-0.1, -0.05) is 32.9 Å². The van der Waals surface area contributed by atoms with Gasteiger partial charge in [-0.25, -0.2) is 0 Å². The molecule has 1 aromatic carbocycles. The molecule has 0 amide bonds. The van der Waals surface area contributed by atoms with E-state index in [1.165, 1.54) is 5.56 Å². The number of nitrogens with one attached hydrogen (secondary N) is 1. The fourth-order valence-corrected chi connectivity index (χ4v) is 2.20. The fourth-order valence-electron chi connectivity index (χ4n) is 2.20. The van der Waals surface area contributed by atoms with Crippen molar-refractivity contribution < 1.29 is 9.84 Å². The highest BCUT2D eigenvalue weighted by Gasteiger charge is 2.19. The number of aliphatic hydroxyl groups is 1. The van der Waals surface area contributed by atoms with Crippen LogP contribution in [0.2, 0.25) is 0 Å². The van der Waals surface area contributed by atoms with Crippen LogP contribution >= 0.6 is 0 Å². The number of benzene rings is 1. The highest BCUT2D eigenvalue weighted by atomic mass is 16.5. The topological polar surface area (TPSA) is 41.5 Å². The van der Waals surface area contributed by atoms with Crippen LogP contribution in [0.1, 0.15) is 50.8 Å². The molecule has 1 unspecified atom stereocenters. The maximum Gasteiger partial charge on any atom is 0.125 e. The second kappa shape index (κ2) is 7.81. The summed E-state index contributed by atoms with van der Waals surface area (Å²) < 4.78 is 5.85. The number of hydrogen-bond acceptors (Lipinski definition) is 3. The SMILES string of the molecule is CCC(C)(O)COc1c(C)cc(CNCC(C)C)cc1C. The predicted molar refractivity (Wildman–Crippen MR) is 88.9 cm³/mol. The van der Waals surface area contributed by atoms with Crippen LogP contribution in [0.4, 0.5) is 0 Å². The highest BCUT2D eigenvalue weighted by Crippen LogP contribution is 2.26. The molecule has 0 heterocycles. The van der Waals surface area contributed by atoms with Crippen molar-refractivity contribution in [3.05, 3.63) is 28.8 Å². The maximum absolute atomic E-state index is 10.1. The molecule has 1 atom stereocenters. The highest BCUT2D eigenvalue weighted by molar-refractivity contribution is 5.43. The summed E-state index contributed by atoms with van der Waals surface area (Å²) in [5, 5.41) is 13.5. The van der Waals surface area contributed by atoms with Crippen molar-refractivity contribution in [2.24, 2.45) is 5.92 Å².